The van der Waals surface area contributed by atoms with Crippen molar-refractivity contribution in [3.8, 4) is 0 Å². The average Bonchev–Trinajstić information content (AvgIpc) is 3.02. The molecule has 1 aromatic rings. The summed E-state index contributed by atoms with van der Waals surface area (Å²) in [6, 6.07) is 7.90. The molecule has 0 aromatic heterocycles. The molecule has 0 saturated carbocycles. The van der Waals surface area contributed by atoms with Gasteiger partial charge in [-0.05, 0) is 31.9 Å². The van der Waals surface area contributed by atoms with Crippen LogP contribution in [0.4, 0.5) is 10.5 Å². The van der Waals surface area contributed by atoms with Crippen LogP contribution in [0.5, 0.6) is 0 Å². The van der Waals surface area contributed by atoms with Gasteiger partial charge in [0.1, 0.15) is 13.2 Å². The molecule has 7 nitrogen and oxygen atoms in total. The molecule has 0 spiro atoms. The van der Waals surface area contributed by atoms with Crippen molar-refractivity contribution in [1.29, 1.82) is 0 Å². The molecule has 8 heteroatoms. The molecule has 2 saturated heterocycles. The highest BCUT2D eigenvalue weighted by Crippen LogP contribution is 2.35. The molecule has 4 rings (SSSR count). The lowest BCUT2D eigenvalue weighted by atomic mass is 10.0. The summed E-state index contributed by atoms with van der Waals surface area (Å²) in [4.78, 5) is 43.3. The quantitative estimate of drug-likeness (QED) is 0.790. The van der Waals surface area contributed by atoms with Crippen LogP contribution < -0.4 is 4.90 Å². The van der Waals surface area contributed by atoms with Crippen LogP contribution in [-0.4, -0.2) is 71.8 Å². The van der Waals surface area contributed by atoms with E-state index in [1.165, 1.54) is 11.8 Å². The third-order valence-corrected chi connectivity index (χ3v) is 6.49. The second-order valence-electron chi connectivity index (χ2n) is 7.18. The molecule has 1 aromatic carbocycles. The number of rotatable bonds is 3. The van der Waals surface area contributed by atoms with Gasteiger partial charge in [-0.15, -0.1) is 11.8 Å². The summed E-state index contributed by atoms with van der Waals surface area (Å²) >= 11 is 1.51. The van der Waals surface area contributed by atoms with Crippen molar-refractivity contribution in [1.82, 2.24) is 9.80 Å². The second kappa shape index (κ2) is 7.42. The lowest BCUT2D eigenvalue weighted by Gasteiger charge is -2.38. The maximum atomic E-state index is 12.8. The molecule has 0 aliphatic carbocycles. The Morgan fingerprint density at radius 1 is 1.22 bits per heavy atom. The van der Waals surface area contributed by atoms with Gasteiger partial charge in [-0.3, -0.25) is 14.5 Å². The summed E-state index contributed by atoms with van der Waals surface area (Å²) in [6.45, 7) is 3.69. The van der Waals surface area contributed by atoms with Crippen LogP contribution in [0.2, 0.25) is 0 Å². The SMILES string of the molecule is CC1COC(=O)N1C1CCN(C(=O)CN2C(=O)CSc3ccccc32)CC1. The number of hydrogen-bond acceptors (Lipinski definition) is 5. The molecule has 0 bridgehead atoms. The first-order valence-corrected chi connectivity index (χ1v) is 10.3. The van der Waals surface area contributed by atoms with Crippen molar-refractivity contribution in [2.24, 2.45) is 0 Å². The monoisotopic (exact) mass is 389 g/mol. The summed E-state index contributed by atoms with van der Waals surface area (Å²) in [5.74, 6) is 0.289. The number of para-hydroxylation sites is 1. The number of fused-ring (bicyclic) bond motifs is 1. The highest BCUT2D eigenvalue weighted by molar-refractivity contribution is 8.00. The van der Waals surface area contributed by atoms with Gasteiger partial charge >= 0.3 is 6.09 Å². The molecule has 3 amide bonds. The lowest BCUT2D eigenvalue weighted by molar-refractivity contribution is -0.132. The summed E-state index contributed by atoms with van der Waals surface area (Å²) in [6.07, 6.45) is 1.23. The number of piperidine rings is 1. The Balaban J connectivity index is 1.38. The fourth-order valence-electron chi connectivity index (χ4n) is 3.99. The third-order valence-electron chi connectivity index (χ3n) is 5.45. The molecule has 2 fully saturated rings. The van der Waals surface area contributed by atoms with Crippen LogP contribution in [0.1, 0.15) is 19.8 Å². The van der Waals surface area contributed by atoms with Crippen LogP contribution in [-0.2, 0) is 14.3 Å². The van der Waals surface area contributed by atoms with Crippen LogP contribution >= 0.6 is 11.8 Å². The number of amides is 3. The number of nitrogens with zero attached hydrogens (tertiary/aromatic N) is 3. The molecule has 0 N–H and O–H groups in total. The Labute approximate surface area is 162 Å². The molecule has 1 unspecified atom stereocenters. The van der Waals surface area contributed by atoms with E-state index < -0.39 is 0 Å². The maximum absolute atomic E-state index is 12.8. The predicted molar refractivity (Wildman–Crippen MR) is 102 cm³/mol. The number of carbonyl (C=O) groups is 3. The molecule has 1 atom stereocenters. The zero-order chi connectivity index (χ0) is 19.0. The van der Waals surface area contributed by atoms with Crippen LogP contribution in [0.3, 0.4) is 0 Å². The Kier molecular flexibility index (Phi) is 4.99. The van der Waals surface area contributed by atoms with E-state index >= 15 is 0 Å². The fourth-order valence-corrected chi connectivity index (χ4v) is 4.93. The largest absolute Gasteiger partial charge is 0.447 e. The minimum absolute atomic E-state index is 0.0319. The standard InChI is InChI=1S/C19H23N3O4S/c1-13-11-26-19(25)22(13)14-6-8-20(9-7-14)17(23)10-21-15-4-2-3-5-16(15)27-12-18(21)24/h2-5,13-14H,6-12H2,1H3. The van der Waals surface area contributed by atoms with Gasteiger partial charge in [0.15, 0.2) is 0 Å². The van der Waals surface area contributed by atoms with Crippen LogP contribution in [0, 0.1) is 0 Å². The van der Waals surface area contributed by atoms with Crippen molar-refractivity contribution in [3.63, 3.8) is 0 Å². The van der Waals surface area contributed by atoms with E-state index in [0.717, 1.165) is 23.4 Å². The minimum atomic E-state index is -0.250. The molecular weight excluding hydrogens is 366 g/mol. The van der Waals surface area contributed by atoms with E-state index in [1.807, 2.05) is 36.1 Å². The topological polar surface area (TPSA) is 70.2 Å². The zero-order valence-corrected chi connectivity index (χ0v) is 16.1. The van der Waals surface area contributed by atoms with Crippen molar-refractivity contribution in [3.05, 3.63) is 24.3 Å². The maximum Gasteiger partial charge on any atom is 0.410 e. The molecule has 3 heterocycles. The molecule has 3 aliphatic rings. The molecule has 27 heavy (non-hydrogen) atoms. The van der Waals surface area contributed by atoms with Crippen molar-refractivity contribution in [2.45, 2.75) is 36.7 Å². The number of cyclic esters (lactones) is 1. The first kappa shape index (κ1) is 18.2. The van der Waals surface area contributed by atoms with Gasteiger partial charge < -0.3 is 14.5 Å². The predicted octanol–water partition coefficient (Wildman–Crippen LogP) is 1.96. The number of ether oxygens (including phenoxy) is 1. The summed E-state index contributed by atoms with van der Waals surface area (Å²) in [5, 5.41) is 0. The molecule has 144 valence electrons. The number of hydrogen-bond donors (Lipinski definition) is 0. The van der Waals surface area contributed by atoms with E-state index in [-0.39, 0.29) is 36.5 Å². The van der Waals surface area contributed by atoms with E-state index in [1.54, 1.807) is 9.80 Å². The van der Waals surface area contributed by atoms with Gasteiger partial charge in [-0.25, -0.2) is 4.79 Å². The average molecular weight is 389 g/mol. The summed E-state index contributed by atoms with van der Waals surface area (Å²) in [5.41, 5.74) is 0.815. The Hall–Kier alpha value is -2.22. The van der Waals surface area contributed by atoms with E-state index in [0.29, 0.717) is 25.4 Å². The number of likely N-dealkylation sites (tertiary alicyclic amines) is 1. The number of carbonyl (C=O) groups excluding carboxylic acids is 3. The Morgan fingerprint density at radius 3 is 2.67 bits per heavy atom. The molecular formula is C19H23N3O4S. The highest BCUT2D eigenvalue weighted by atomic mass is 32.2. The van der Waals surface area contributed by atoms with Gasteiger partial charge in [0, 0.05) is 24.0 Å². The third kappa shape index (κ3) is 3.50. The van der Waals surface area contributed by atoms with E-state index in [2.05, 4.69) is 0 Å². The molecule has 0 radical (unpaired) electrons. The summed E-state index contributed by atoms with van der Waals surface area (Å²) in [7, 11) is 0. The first-order chi connectivity index (χ1) is 13.0. The van der Waals surface area contributed by atoms with Gasteiger partial charge in [0.2, 0.25) is 11.8 Å². The number of benzene rings is 1. The van der Waals surface area contributed by atoms with Crippen LogP contribution in [0.25, 0.3) is 0 Å². The number of anilines is 1. The van der Waals surface area contributed by atoms with Crippen molar-refractivity contribution in [2.75, 3.05) is 36.9 Å². The van der Waals surface area contributed by atoms with Crippen molar-refractivity contribution >= 4 is 35.4 Å². The smallest absolute Gasteiger partial charge is 0.410 e. The van der Waals surface area contributed by atoms with Gasteiger partial charge in [-0.2, -0.15) is 0 Å². The Morgan fingerprint density at radius 2 is 1.96 bits per heavy atom. The zero-order valence-electron chi connectivity index (χ0n) is 15.3. The second-order valence-corrected chi connectivity index (χ2v) is 8.20. The highest BCUT2D eigenvalue weighted by Gasteiger charge is 2.38. The summed E-state index contributed by atoms with van der Waals surface area (Å²) < 4.78 is 5.11. The van der Waals surface area contributed by atoms with E-state index in [4.69, 9.17) is 4.74 Å². The minimum Gasteiger partial charge on any atom is -0.447 e. The Bertz CT molecular complexity index is 763. The molecule has 3 aliphatic heterocycles. The number of thioether (sulfide) groups is 1. The van der Waals surface area contributed by atoms with Crippen molar-refractivity contribution < 1.29 is 19.1 Å². The van der Waals surface area contributed by atoms with Gasteiger partial charge in [0.05, 0.1) is 17.5 Å². The van der Waals surface area contributed by atoms with Crippen LogP contribution in [0.15, 0.2) is 29.2 Å². The fraction of sp³-hybridized carbons (Fsp3) is 0.526. The first-order valence-electron chi connectivity index (χ1n) is 9.29. The van der Waals surface area contributed by atoms with E-state index in [9.17, 15) is 14.4 Å². The van der Waals surface area contributed by atoms with Gasteiger partial charge in [-0.1, -0.05) is 12.1 Å². The normalized spacial score (nSPS) is 23.4. The lowest BCUT2D eigenvalue weighted by Crippen LogP contribution is -2.51. The van der Waals surface area contributed by atoms with Gasteiger partial charge in [0.25, 0.3) is 0 Å².